The lowest BCUT2D eigenvalue weighted by Crippen LogP contribution is -2.25. The van der Waals surface area contributed by atoms with Crippen LogP contribution < -0.4 is 10.6 Å². The number of rotatable bonds is 6. The Bertz CT molecular complexity index is 308. The van der Waals surface area contributed by atoms with Crippen LogP contribution in [-0.2, 0) is 4.79 Å². The second-order valence-electron chi connectivity index (χ2n) is 3.71. The highest BCUT2D eigenvalue weighted by Gasteiger charge is 2.22. The van der Waals surface area contributed by atoms with E-state index >= 15 is 0 Å². The van der Waals surface area contributed by atoms with Crippen molar-refractivity contribution in [3.8, 4) is 0 Å². The minimum Gasteiger partial charge on any atom is -0.362 e. The summed E-state index contributed by atoms with van der Waals surface area (Å²) in [5.74, 6) is 0.179. The van der Waals surface area contributed by atoms with Gasteiger partial charge >= 0.3 is 0 Å². The van der Waals surface area contributed by atoms with E-state index in [2.05, 4.69) is 15.6 Å². The highest BCUT2D eigenvalue weighted by atomic mass is 32.1. The lowest BCUT2D eigenvalue weighted by Gasteiger charge is -2.03. The van der Waals surface area contributed by atoms with E-state index in [0.717, 1.165) is 30.9 Å². The predicted octanol–water partition coefficient (Wildman–Crippen LogP) is 1.61. The fourth-order valence-electron chi connectivity index (χ4n) is 1.28. The van der Waals surface area contributed by atoms with E-state index < -0.39 is 0 Å². The Hall–Kier alpha value is -1.10. The van der Waals surface area contributed by atoms with E-state index in [9.17, 15) is 4.79 Å². The third-order valence-electron chi connectivity index (χ3n) is 2.23. The standard InChI is InChI=1S/C10H15N3OS/c14-9(13-8-3-4-8)2-1-5-11-10-12-6-7-15-10/h6-8H,1-5H2,(H,11,12)(H,13,14). The monoisotopic (exact) mass is 225 g/mol. The van der Waals surface area contributed by atoms with Crippen molar-refractivity contribution in [3.63, 3.8) is 0 Å². The van der Waals surface area contributed by atoms with Crippen molar-refractivity contribution in [1.82, 2.24) is 10.3 Å². The summed E-state index contributed by atoms with van der Waals surface area (Å²) in [7, 11) is 0. The van der Waals surface area contributed by atoms with Crippen molar-refractivity contribution in [1.29, 1.82) is 0 Å². The molecule has 0 radical (unpaired) electrons. The summed E-state index contributed by atoms with van der Waals surface area (Å²) < 4.78 is 0. The molecule has 1 aliphatic rings. The first kappa shape index (κ1) is 10.4. The summed E-state index contributed by atoms with van der Waals surface area (Å²) >= 11 is 1.58. The molecule has 0 bridgehead atoms. The zero-order valence-electron chi connectivity index (χ0n) is 8.53. The Labute approximate surface area is 93.1 Å². The van der Waals surface area contributed by atoms with Crippen LogP contribution in [0.15, 0.2) is 11.6 Å². The molecule has 2 N–H and O–H groups in total. The molecule has 0 atom stereocenters. The minimum atomic E-state index is 0.179. The number of hydrogen-bond acceptors (Lipinski definition) is 4. The van der Waals surface area contributed by atoms with Crippen molar-refractivity contribution in [2.45, 2.75) is 31.7 Å². The van der Waals surface area contributed by atoms with Gasteiger partial charge in [0.1, 0.15) is 0 Å². The molecule has 1 aromatic heterocycles. The van der Waals surface area contributed by atoms with Gasteiger partial charge in [-0.25, -0.2) is 4.98 Å². The Morgan fingerprint density at radius 2 is 2.47 bits per heavy atom. The molecule has 0 aromatic carbocycles. The summed E-state index contributed by atoms with van der Waals surface area (Å²) in [5, 5.41) is 9.01. The highest BCUT2D eigenvalue weighted by molar-refractivity contribution is 7.13. The van der Waals surface area contributed by atoms with Gasteiger partial charge in [0.05, 0.1) is 0 Å². The SMILES string of the molecule is O=C(CCCNc1nccs1)NC1CC1. The molecule has 1 saturated carbocycles. The quantitative estimate of drug-likeness (QED) is 0.723. The highest BCUT2D eigenvalue weighted by Crippen LogP contribution is 2.18. The number of anilines is 1. The van der Waals surface area contributed by atoms with E-state index in [0.29, 0.717) is 12.5 Å². The maximum Gasteiger partial charge on any atom is 0.220 e. The molecule has 4 nitrogen and oxygen atoms in total. The third kappa shape index (κ3) is 3.87. The van der Waals surface area contributed by atoms with Crippen LogP contribution in [0.2, 0.25) is 0 Å². The third-order valence-corrected chi connectivity index (χ3v) is 2.96. The molecule has 1 heterocycles. The fourth-order valence-corrected chi connectivity index (χ4v) is 1.84. The van der Waals surface area contributed by atoms with Gasteiger partial charge in [-0.2, -0.15) is 0 Å². The lowest BCUT2D eigenvalue weighted by molar-refractivity contribution is -0.121. The molecule has 1 aliphatic carbocycles. The smallest absolute Gasteiger partial charge is 0.220 e. The zero-order valence-corrected chi connectivity index (χ0v) is 9.35. The van der Waals surface area contributed by atoms with E-state index in [4.69, 9.17) is 0 Å². The van der Waals surface area contributed by atoms with Crippen LogP contribution >= 0.6 is 11.3 Å². The average Bonchev–Trinajstić information content (AvgIpc) is 2.87. The topological polar surface area (TPSA) is 54.0 Å². The van der Waals surface area contributed by atoms with Crippen LogP contribution in [-0.4, -0.2) is 23.5 Å². The van der Waals surface area contributed by atoms with Crippen molar-refractivity contribution in [2.75, 3.05) is 11.9 Å². The van der Waals surface area contributed by atoms with Crippen molar-refractivity contribution < 1.29 is 4.79 Å². The second-order valence-corrected chi connectivity index (χ2v) is 4.60. The molecular formula is C10H15N3OS. The van der Waals surface area contributed by atoms with Crippen LogP contribution in [0.3, 0.4) is 0 Å². The number of carbonyl (C=O) groups is 1. The number of amides is 1. The number of aromatic nitrogens is 1. The Morgan fingerprint density at radius 3 is 3.13 bits per heavy atom. The Morgan fingerprint density at radius 1 is 1.60 bits per heavy atom. The molecule has 0 unspecified atom stereocenters. The molecule has 0 spiro atoms. The van der Waals surface area contributed by atoms with Gasteiger partial charge < -0.3 is 10.6 Å². The van der Waals surface area contributed by atoms with Gasteiger partial charge in [-0.05, 0) is 19.3 Å². The van der Waals surface area contributed by atoms with Crippen LogP contribution in [0.25, 0.3) is 0 Å². The molecule has 82 valence electrons. The summed E-state index contributed by atoms with van der Waals surface area (Å²) in [4.78, 5) is 15.4. The first-order valence-corrected chi connectivity index (χ1v) is 6.15. The van der Waals surface area contributed by atoms with Gasteiger partial charge in [0.15, 0.2) is 5.13 Å². The molecule has 15 heavy (non-hydrogen) atoms. The summed E-state index contributed by atoms with van der Waals surface area (Å²) in [6, 6.07) is 0.476. The van der Waals surface area contributed by atoms with E-state index in [-0.39, 0.29) is 5.91 Å². The Balaban J connectivity index is 1.52. The largest absolute Gasteiger partial charge is 0.362 e. The first-order chi connectivity index (χ1) is 7.34. The van der Waals surface area contributed by atoms with Crippen molar-refractivity contribution >= 4 is 22.4 Å². The predicted molar refractivity (Wildman–Crippen MR) is 61.0 cm³/mol. The van der Waals surface area contributed by atoms with E-state index in [1.54, 1.807) is 17.5 Å². The van der Waals surface area contributed by atoms with Gasteiger partial charge in [0, 0.05) is 30.6 Å². The van der Waals surface area contributed by atoms with Crippen LogP contribution in [0.4, 0.5) is 5.13 Å². The number of carbonyl (C=O) groups excluding carboxylic acids is 1. The summed E-state index contributed by atoms with van der Waals surface area (Å²) in [6.07, 6.45) is 5.55. The minimum absolute atomic E-state index is 0.179. The van der Waals surface area contributed by atoms with Crippen molar-refractivity contribution in [3.05, 3.63) is 11.6 Å². The van der Waals surface area contributed by atoms with Gasteiger partial charge in [0.2, 0.25) is 5.91 Å². The van der Waals surface area contributed by atoms with Gasteiger partial charge in [-0.1, -0.05) is 0 Å². The van der Waals surface area contributed by atoms with E-state index in [1.807, 2.05) is 5.38 Å². The summed E-state index contributed by atoms with van der Waals surface area (Å²) in [5.41, 5.74) is 0. The van der Waals surface area contributed by atoms with Crippen molar-refractivity contribution in [2.24, 2.45) is 0 Å². The number of nitrogens with one attached hydrogen (secondary N) is 2. The number of thiazole rings is 1. The molecular weight excluding hydrogens is 210 g/mol. The fraction of sp³-hybridized carbons (Fsp3) is 0.600. The zero-order chi connectivity index (χ0) is 10.5. The molecule has 1 aromatic rings. The average molecular weight is 225 g/mol. The number of hydrogen-bond donors (Lipinski definition) is 2. The normalized spacial score (nSPS) is 14.9. The molecule has 0 aliphatic heterocycles. The molecule has 2 rings (SSSR count). The maximum absolute atomic E-state index is 11.3. The molecule has 0 saturated heterocycles. The second kappa shape index (κ2) is 5.11. The van der Waals surface area contributed by atoms with Crippen LogP contribution in [0, 0.1) is 0 Å². The van der Waals surface area contributed by atoms with Gasteiger partial charge in [-0.15, -0.1) is 11.3 Å². The lowest BCUT2D eigenvalue weighted by atomic mass is 10.3. The maximum atomic E-state index is 11.3. The number of nitrogens with zero attached hydrogens (tertiary/aromatic N) is 1. The van der Waals surface area contributed by atoms with Gasteiger partial charge in [0.25, 0.3) is 0 Å². The van der Waals surface area contributed by atoms with Crippen LogP contribution in [0.1, 0.15) is 25.7 Å². The molecule has 5 heteroatoms. The summed E-state index contributed by atoms with van der Waals surface area (Å²) in [6.45, 7) is 0.811. The van der Waals surface area contributed by atoms with Crippen LogP contribution in [0.5, 0.6) is 0 Å². The Kier molecular flexibility index (Phi) is 3.55. The van der Waals surface area contributed by atoms with Gasteiger partial charge in [-0.3, -0.25) is 4.79 Å². The molecule has 1 amide bonds. The molecule has 1 fully saturated rings. The first-order valence-electron chi connectivity index (χ1n) is 5.27. The van der Waals surface area contributed by atoms with E-state index in [1.165, 1.54) is 0 Å².